The third-order valence-electron chi connectivity index (χ3n) is 3.64. The summed E-state index contributed by atoms with van der Waals surface area (Å²) in [6, 6.07) is 12.4. The van der Waals surface area contributed by atoms with E-state index in [9.17, 15) is 20.0 Å². The molecule has 0 bridgehead atoms. The zero-order valence-corrected chi connectivity index (χ0v) is 12.8. The molecular weight excluding hydrogens is 324 g/mol. The second-order valence-corrected chi connectivity index (χ2v) is 5.26. The molecule has 0 aliphatic carbocycles. The normalized spacial score (nSPS) is 11.0. The van der Waals surface area contributed by atoms with Gasteiger partial charge in [-0.15, -0.1) is 0 Å². The summed E-state index contributed by atoms with van der Waals surface area (Å²) in [6.45, 7) is 0. The number of benzene rings is 2. The number of aromatic nitrogens is 1. The standard InChI is InChI=1S/C18H12N2O5/c21-17-15(18(22)23)10-5-12-4-7-13(19-16(12)17)6-1-11-2-8-14(9-3-11)20(24)25/h1-10,21H,(H,22,23)/b6-1+. The number of nitro benzene ring substituents is 1. The number of nitrogens with zero attached hydrogens (tertiary/aromatic N) is 2. The Morgan fingerprint density at radius 1 is 1.04 bits per heavy atom. The molecule has 0 radical (unpaired) electrons. The number of aromatic carboxylic acids is 1. The molecule has 0 saturated heterocycles. The van der Waals surface area contributed by atoms with Gasteiger partial charge in [-0.3, -0.25) is 10.1 Å². The van der Waals surface area contributed by atoms with E-state index in [1.165, 1.54) is 18.2 Å². The zero-order chi connectivity index (χ0) is 18.0. The molecule has 0 aliphatic heterocycles. The highest BCUT2D eigenvalue weighted by Gasteiger charge is 2.13. The van der Waals surface area contributed by atoms with Gasteiger partial charge in [0.2, 0.25) is 0 Å². The first-order valence-corrected chi connectivity index (χ1v) is 7.24. The minimum Gasteiger partial charge on any atom is -0.505 e. The number of nitro groups is 1. The fourth-order valence-corrected chi connectivity index (χ4v) is 2.34. The van der Waals surface area contributed by atoms with Gasteiger partial charge in [0.25, 0.3) is 5.69 Å². The van der Waals surface area contributed by atoms with Gasteiger partial charge in [-0.25, -0.2) is 9.78 Å². The summed E-state index contributed by atoms with van der Waals surface area (Å²) in [5, 5.41) is 30.4. The van der Waals surface area contributed by atoms with Crippen molar-refractivity contribution in [1.82, 2.24) is 4.98 Å². The predicted molar refractivity (Wildman–Crippen MR) is 92.4 cm³/mol. The second-order valence-electron chi connectivity index (χ2n) is 5.26. The lowest BCUT2D eigenvalue weighted by molar-refractivity contribution is -0.384. The molecule has 0 aliphatic rings. The summed E-state index contributed by atoms with van der Waals surface area (Å²) < 4.78 is 0. The number of non-ortho nitro benzene ring substituents is 1. The number of phenols is 1. The Bertz CT molecular complexity index is 1010. The van der Waals surface area contributed by atoms with Gasteiger partial charge in [0.1, 0.15) is 11.1 Å². The van der Waals surface area contributed by atoms with Crippen molar-refractivity contribution in [2.45, 2.75) is 0 Å². The maximum Gasteiger partial charge on any atom is 0.339 e. The lowest BCUT2D eigenvalue weighted by atomic mass is 10.1. The highest BCUT2D eigenvalue weighted by atomic mass is 16.6. The molecule has 3 aromatic rings. The van der Waals surface area contributed by atoms with Crippen molar-refractivity contribution in [3.05, 3.63) is 75.5 Å². The average molecular weight is 336 g/mol. The summed E-state index contributed by atoms with van der Waals surface area (Å²) in [6.07, 6.45) is 3.39. The van der Waals surface area contributed by atoms with Crippen LogP contribution in [0.15, 0.2) is 48.5 Å². The minimum absolute atomic E-state index is 0.00658. The van der Waals surface area contributed by atoms with Gasteiger partial charge < -0.3 is 10.2 Å². The lowest BCUT2D eigenvalue weighted by Crippen LogP contribution is -1.97. The van der Waals surface area contributed by atoms with Crippen LogP contribution in [0.1, 0.15) is 21.6 Å². The Hall–Kier alpha value is -3.74. The molecule has 0 unspecified atom stereocenters. The number of rotatable bonds is 4. The van der Waals surface area contributed by atoms with E-state index in [1.54, 1.807) is 42.5 Å². The first kappa shape index (κ1) is 16.1. The number of pyridine rings is 1. The van der Waals surface area contributed by atoms with Crippen LogP contribution < -0.4 is 0 Å². The molecule has 3 rings (SSSR count). The van der Waals surface area contributed by atoms with Gasteiger partial charge in [0.05, 0.1) is 10.6 Å². The number of hydrogen-bond donors (Lipinski definition) is 2. The number of aromatic hydroxyl groups is 1. The van der Waals surface area contributed by atoms with E-state index in [0.717, 1.165) is 5.56 Å². The quantitative estimate of drug-likeness (QED) is 0.554. The van der Waals surface area contributed by atoms with Crippen LogP contribution in [-0.4, -0.2) is 26.1 Å². The van der Waals surface area contributed by atoms with Crippen molar-refractivity contribution in [1.29, 1.82) is 0 Å². The monoisotopic (exact) mass is 336 g/mol. The summed E-state index contributed by atoms with van der Waals surface area (Å²) in [5.41, 5.74) is 1.26. The molecular formula is C18H12N2O5. The number of carbonyl (C=O) groups is 1. The molecule has 0 spiro atoms. The molecule has 2 N–H and O–H groups in total. The fourth-order valence-electron chi connectivity index (χ4n) is 2.34. The van der Waals surface area contributed by atoms with Crippen LogP contribution >= 0.6 is 0 Å². The molecule has 0 amide bonds. The Balaban J connectivity index is 1.94. The highest BCUT2D eigenvalue weighted by molar-refractivity contribution is 5.99. The van der Waals surface area contributed by atoms with Crippen LogP contribution in [0.5, 0.6) is 5.75 Å². The topological polar surface area (TPSA) is 114 Å². The molecule has 2 aromatic carbocycles. The Labute approximate surface area is 141 Å². The highest BCUT2D eigenvalue weighted by Crippen LogP contribution is 2.27. The largest absolute Gasteiger partial charge is 0.505 e. The Kier molecular flexibility index (Phi) is 4.13. The lowest BCUT2D eigenvalue weighted by Gasteiger charge is -2.04. The molecule has 25 heavy (non-hydrogen) atoms. The Morgan fingerprint density at radius 3 is 2.36 bits per heavy atom. The number of fused-ring (bicyclic) bond motifs is 1. The van der Waals surface area contributed by atoms with Gasteiger partial charge >= 0.3 is 5.97 Å². The maximum absolute atomic E-state index is 11.1. The van der Waals surface area contributed by atoms with Crippen molar-refractivity contribution < 1.29 is 19.9 Å². The fraction of sp³-hybridized carbons (Fsp3) is 0. The van der Waals surface area contributed by atoms with Crippen molar-refractivity contribution in [2.75, 3.05) is 0 Å². The van der Waals surface area contributed by atoms with E-state index in [-0.39, 0.29) is 22.5 Å². The van der Waals surface area contributed by atoms with E-state index >= 15 is 0 Å². The van der Waals surface area contributed by atoms with E-state index in [4.69, 9.17) is 5.11 Å². The number of carboxylic acid groups (broad SMARTS) is 1. The summed E-state index contributed by atoms with van der Waals surface area (Å²) in [4.78, 5) is 25.5. The van der Waals surface area contributed by atoms with Crippen LogP contribution in [0.4, 0.5) is 5.69 Å². The van der Waals surface area contributed by atoms with Crippen LogP contribution in [0, 0.1) is 10.1 Å². The van der Waals surface area contributed by atoms with Crippen LogP contribution in [0.25, 0.3) is 23.1 Å². The summed E-state index contributed by atoms with van der Waals surface area (Å²) >= 11 is 0. The zero-order valence-electron chi connectivity index (χ0n) is 12.8. The molecule has 7 heteroatoms. The predicted octanol–water partition coefficient (Wildman–Crippen LogP) is 3.72. The summed E-state index contributed by atoms with van der Waals surface area (Å²) in [7, 11) is 0. The van der Waals surface area contributed by atoms with Crippen LogP contribution in [-0.2, 0) is 0 Å². The van der Waals surface area contributed by atoms with E-state index in [0.29, 0.717) is 11.1 Å². The third-order valence-corrected chi connectivity index (χ3v) is 3.64. The smallest absolute Gasteiger partial charge is 0.339 e. The van der Waals surface area contributed by atoms with Crippen LogP contribution in [0.3, 0.4) is 0 Å². The van der Waals surface area contributed by atoms with Crippen molar-refractivity contribution in [2.24, 2.45) is 0 Å². The first-order chi connectivity index (χ1) is 12.0. The van der Waals surface area contributed by atoms with Gasteiger partial charge in [-0.2, -0.15) is 0 Å². The SMILES string of the molecule is O=C(O)c1ccc2ccc(/C=C/c3ccc([N+](=O)[O-])cc3)nc2c1O. The average Bonchev–Trinajstić information content (AvgIpc) is 2.60. The van der Waals surface area contributed by atoms with Crippen molar-refractivity contribution in [3.63, 3.8) is 0 Å². The summed E-state index contributed by atoms with van der Waals surface area (Å²) in [5.74, 6) is -1.61. The van der Waals surface area contributed by atoms with E-state index in [1.807, 2.05) is 0 Å². The minimum atomic E-state index is -1.23. The molecule has 1 aromatic heterocycles. The van der Waals surface area contributed by atoms with Crippen molar-refractivity contribution >= 4 is 34.7 Å². The molecule has 1 heterocycles. The third kappa shape index (κ3) is 3.30. The van der Waals surface area contributed by atoms with Crippen LogP contribution in [0.2, 0.25) is 0 Å². The number of hydrogen-bond acceptors (Lipinski definition) is 5. The number of carboxylic acids is 1. The van der Waals surface area contributed by atoms with Gasteiger partial charge in [-0.05, 0) is 35.9 Å². The Morgan fingerprint density at radius 2 is 1.72 bits per heavy atom. The van der Waals surface area contributed by atoms with Crippen molar-refractivity contribution in [3.8, 4) is 5.75 Å². The molecule has 0 atom stereocenters. The molecule has 0 fully saturated rings. The molecule has 124 valence electrons. The second kappa shape index (κ2) is 6.40. The van der Waals surface area contributed by atoms with Gasteiger partial charge in [0, 0.05) is 17.5 Å². The van der Waals surface area contributed by atoms with E-state index < -0.39 is 10.9 Å². The molecule has 7 nitrogen and oxygen atoms in total. The first-order valence-electron chi connectivity index (χ1n) is 7.24. The van der Waals surface area contributed by atoms with E-state index in [2.05, 4.69) is 4.98 Å². The van der Waals surface area contributed by atoms with Gasteiger partial charge in [0.15, 0.2) is 5.75 Å². The van der Waals surface area contributed by atoms with Gasteiger partial charge in [-0.1, -0.05) is 18.2 Å². The molecule has 0 saturated carbocycles. The maximum atomic E-state index is 11.1.